The molecule has 3 heterocycles. The zero-order valence-corrected chi connectivity index (χ0v) is 13.1. The van der Waals surface area contributed by atoms with Crippen molar-refractivity contribution in [3.05, 3.63) is 29.8 Å². The predicted molar refractivity (Wildman–Crippen MR) is 86.4 cm³/mol. The standard InChI is InChI=1S/C19H26N2/c1-2-18-10-5-12-21-13-9-14-15-6-3-4-7-17(15)20-19(18,21)16(14)8-11-18/h3-4,6-7,14,16,20H,2,5,8-13H2,1H3/t14-,16-,18-,19+/m0/s1. The van der Waals surface area contributed by atoms with Crippen LogP contribution in [-0.4, -0.2) is 23.7 Å². The van der Waals surface area contributed by atoms with E-state index < -0.39 is 0 Å². The molecule has 1 N–H and O–H groups in total. The lowest BCUT2D eigenvalue weighted by molar-refractivity contribution is -0.0921. The fraction of sp³-hybridized carbons (Fsp3) is 0.684. The Kier molecular flexibility index (Phi) is 2.41. The van der Waals surface area contributed by atoms with Gasteiger partial charge in [-0.15, -0.1) is 0 Å². The van der Waals surface area contributed by atoms with Crippen molar-refractivity contribution in [2.24, 2.45) is 11.3 Å². The second kappa shape index (κ2) is 4.04. The van der Waals surface area contributed by atoms with E-state index in [1.165, 1.54) is 57.3 Å². The highest BCUT2D eigenvalue weighted by Crippen LogP contribution is 2.67. The second-order valence-corrected chi connectivity index (χ2v) is 7.74. The summed E-state index contributed by atoms with van der Waals surface area (Å²) < 4.78 is 0. The summed E-state index contributed by atoms with van der Waals surface area (Å²) >= 11 is 0. The zero-order chi connectivity index (χ0) is 14.1. The number of piperidine rings is 2. The number of hydrogen-bond acceptors (Lipinski definition) is 2. The number of fused-ring (bicyclic) bond motifs is 2. The number of nitrogens with one attached hydrogen (secondary N) is 1. The van der Waals surface area contributed by atoms with Crippen molar-refractivity contribution >= 4 is 5.69 Å². The van der Waals surface area contributed by atoms with E-state index in [4.69, 9.17) is 0 Å². The fourth-order valence-corrected chi connectivity index (χ4v) is 6.61. The highest BCUT2D eigenvalue weighted by molar-refractivity contribution is 5.60. The molecule has 2 saturated heterocycles. The van der Waals surface area contributed by atoms with E-state index in [1.807, 2.05) is 0 Å². The van der Waals surface area contributed by atoms with Gasteiger partial charge in [0.05, 0.1) is 5.66 Å². The van der Waals surface area contributed by atoms with Crippen LogP contribution in [0.2, 0.25) is 0 Å². The monoisotopic (exact) mass is 282 g/mol. The molecule has 3 fully saturated rings. The van der Waals surface area contributed by atoms with E-state index in [-0.39, 0.29) is 5.66 Å². The summed E-state index contributed by atoms with van der Waals surface area (Å²) in [5, 5.41) is 4.12. The Morgan fingerprint density at radius 2 is 2.10 bits per heavy atom. The molecule has 2 heteroatoms. The largest absolute Gasteiger partial charge is 0.366 e. The minimum atomic E-state index is 0.275. The molecule has 0 amide bonds. The van der Waals surface area contributed by atoms with Crippen LogP contribution >= 0.6 is 0 Å². The fourth-order valence-electron chi connectivity index (χ4n) is 6.61. The number of anilines is 1. The van der Waals surface area contributed by atoms with Gasteiger partial charge in [-0.3, -0.25) is 4.90 Å². The van der Waals surface area contributed by atoms with E-state index >= 15 is 0 Å². The molecule has 0 aromatic heterocycles. The van der Waals surface area contributed by atoms with Crippen LogP contribution in [0, 0.1) is 11.3 Å². The van der Waals surface area contributed by atoms with E-state index in [0.29, 0.717) is 5.41 Å². The maximum absolute atomic E-state index is 4.12. The molecule has 4 aliphatic rings. The van der Waals surface area contributed by atoms with Gasteiger partial charge in [-0.05, 0) is 56.1 Å². The second-order valence-electron chi connectivity index (χ2n) is 7.74. The Morgan fingerprint density at radius 1 is 1.19 bits per heavy atom. The molecule has 112 valence electrons. The smallest absolute Gasteiger partial charge is 0.0999 e. The Balaban J connectivity index is 1.74. The molecule has 5 rings (SSSR count). The van der Waals surface area contributed by atoms with Gasteiger partial charge in [0.15, 0.2) is 0 Å². The van der Waals surface area contributed by atoms with Crippen LogP contribution in [0.3, 0.4) is 0 Å². The molecule has 0 radical (unpaired) electrons. The quantitative estimate of drug-likeness (QED) is 0.830. The van der Waals surface area contributed by atoms with Crippen molar-refractivity contribution in [1.82, 2.24) is 4.90 Å². The summed E-state index contributed by atoms with van der Waals surface area (Å²) in [6.07, 6.45) is 8.39. The van der Waals surface area contributed by atoms with Crippen molar-refractivity contribution in [2.45, 2.75) is 57.0 Å². The zero-order valence-electron chi connectivity index (χ0n) is 13.1. The summed E-state index contributed by atoms with van der Waals surface area (Å²) in [6.45, 7) is 5.04. The van der Waals surface area contributed by atoms with Gasteiger partial charge < -0.3 is 5.32 Å². The molecule has 0 unspecified atom stereocenters. The topological polar surface area (TPSA) is 15.3 Å². The summed E-state index contributed by atoms with van der Waals surface area (Å²) in [5.41, 5.74) is 3.83. The van der Waals surface area contributed by atoms with Crippen LogP contribution in [-0.2, 0) is 0 Å². The Labute approximate surface area is 127 Å². The average molecular weight is 282 g/mol. The summed E-state index contributed by atoms with van der Waals surface area (Å²) in [4.78, 5) is 2.85. The van der Waals surface area contributed by atoms with Crippen LogP contribution in [0.25, 0.3) is 0 Å². The van der Waals surface area contributed by atoms with Crippen molar-refractivity contribution in [3.8, 4) is 0 Å². The lowest BCUT2D eigenvalue weighted by Crippen LogP contribution is -2.72. The molecule has 1 aromatic carbocycles. The van der Waals surface area contributed by atoms with Gasteiger partial charge in [0.25, 0.3) is 0 Å². The van der Waals surface area contributed by atoms with Gasteiger partial charge in [-0.1, -0.05) is 25.1 Å². The average Bonchev–Trinajstić information content (AvgIpc) is 2.86. The minimum Gasteiger partial charge on any atom is -0.366 e. The molecule has 2 bridgehead atoms. The van der Waals surface area contributed by atoms with Crippen LogP contribution < -0.4 is 5.32 Å². The molecular formula is C19H26N2. The predicted octanol–water partition coefficient (Wildman–Crippen LogP) is 4.20. The lowest BCUT2D eigenvalue weighted by atomic mass is 9.60. The molecule has 1 saturated carbocycles. The third-order valence-corrected chi connectivity index (χ3v) is 7.42. The van der Waals surface area contributed by atoms with Crippen LogP contribution in [0.5, 0.6) is 0 Å². The van der Waals surface area contributed by atoms with Gasteiger partial charge in [0.2, 0.25) is 0 Å². The van der Waals surface area contributed by atoms with Crippen LogP contribution in [0.15, 0.2) is 24.3 Å². The molecule has 1 spiro atoms. The molecule has 1 aliphatic carbocycles. The summed E-state index contributed by atoms with van der Waals surface area (Å²) in [7, 11) is 0. The molecular weight excluding hydrogens is 256 g/mol. The Bertz CT molecular complexity index is 583. The van der Waals surface area contributed by atoms with E-state index in [0.717, 1.165) is 11.8 Å². The summed E-state index contributed by atoms with van der Waals surface area (Å²) in [5.74, 6) is 1.63. The third-order valence-electron chi connectivity index (χ3n) is 7.42. The first kappa shape index (κ1) is 12.5. The molecule has 3 aliphatic heterocycles. The first-order valence-electron chi connectivity index (χ1n) is 8.93. The van der Waals surface area contributed by atoms with Gasteiger partial charge in [0, 0.05) is 30.1 Å². The number of hydrogen-bond donors (Lipinski definition) is 1. The third kappa shape index (κ3) is 1.30. The van der Waals surface area contributed by atoms with E-state index in [9.17, 15) is 0 Å². The SMILES string of the molecule is CC[C@@]12CCCN3CC[C@H]4c5ccccc5N[C@]31[C@H]4CC2. The molecule has 1 aromatic rings. The van der Waals surface area contributed by atoms with Gasteiger partial charge in [-0.2, -0.15) is 0 Å². The minimum absolute atomic E-state index is 0.275. The first-order valence-corrected chi connectivity index (χ1v) is 8.93. The van der Waals surface area contributed by atoms with Crippen molar-refractivity contribution in [1.29, 1.82) is 0 Å². The first-order chi connectivity index (χ1) is 10.3. The van der Waals surface area contributed by atoms with Gasteiger partial charge >= 0.3 is 0 Å². The van der Waals surface area contributed by atoms with Crippen molar-refractivity contribution in [3.63, 3.8) is 0 Å². The highest BCUT2D eigenvalue weighted by Gasteiger charge is 2.67. The number of nitrogens with zero attached hydrogens (tertiary/aromatic N) is 1. The Morgan fingerprint density at radius 3 is 3.00 bits per heavy atom. The highest BCUT2D eigenvalue weighted by atomic mass is 15.4. The van der Waals surface area contributed by atoms with Crippen LogP contribution in [0.4, 0.5) is 5.69 Å². The Hall–Kier alpha value is -1.02. The van der Waals surface area contributed by atoms with Crippen LogP contribution in [0.1, 0.15) is 56.9 Å². The van der Waals surface area contributed by atoms with Crippen molar-refractivity contribution < 1.29 is 0 Å². The number of benzene rings is 1. The molecule has 21 heavy (non-hydrogen) atoms. The van der Waals surface area contributed by atoms with Crippen molar-refractivity contribution in [2.75, 3.05) is 18.4 Å². The lowest BCUT2D eigenvalue weighted by Gasteiger charge is -2.64. The van der Waals surface area contributed by atoms with E-state index in [1.54, 1.807) is 5.56 Å². The maximum atomic E-state index is 4.12. The maximum Gasteiger partial charge on any atom is 0.0999 e. The number of para-hydroxylation sites is 1. The van der Waals surface area contributed by atoms with Gasteiger partial charge in [-0.25, -0.2) is 0 Å². The van der Waals surface area contributed by atoms with E-state index in [2.05, 4.69) is 41.4 Å². The van der Waals surface area contributed by atoms with Gasteiger partial charge in [0.1, 0.15) is 0 Å². The molecule has 2 nitrogen and oxygen atoms in total. The normalized spacial score (nSPS) is 43.9. The number of rotatable bonds is 1. The molecule has 4 atom stereocenters. The summed E-state index contributed by atoms with van der Waals surface area (Å²) in [6, 6.07) is 9.14.